The summed E-state index contributed by atoms with van der Waals surface area (Å²) < 4.78 is 66.1. The van der Waals surface area contributed by atoms with Crippen LogP contribution in [0, 0.1) is 22.9 Å². The molecule has 0 aliphatic heterocycles. The lowest BCUT2D eigenvalue weighted by molar-refractivity contribution is 0.303. The zero-order chi connectivity index (χ0) is 15.7. The first-order valence-electron chi connectivity index (χ1n) is 5.86. The van der Waals surface area contributed by atoms with Crippen LogP contribution in [0.2, 0.25) is 0 Å². The highest BCUT2D eigenvalue weighted by molar-refractivity contribution is 7.89. The van der Waals surface area contributed by atoms with Crippen molar-refractivity contribution in [3.63, 3.8) is 0 Å². The number of halogens is 3. The normalized spacial score (nSPS) is 14.3. The van der Waals surface area contributed by atoms with Crippen molar-refractivity contribution in [2.24, 2.45) is 11.1 Å². The van der Waals surface area contributed by atoms with Gasteiger partial charge in [0, 0.05) is 24.7 Å². The Balaban J connectivity index is 3.25. The molecule has 8 heteroatoms. The van der Waals surface area contributed by atoms with Gasteiger partial charge < -0.3 is 5.73 Å². The lowest BCUT2D eigenvalue weighted by Crippen LogP contribution is -2.48. The summed E-state index contributed by atoms with van der Waals surface area (Å²) in [6, 6.07) is -0.102. The van der Waals surface area contributed by atoms with Crippen molar-refractivity contribution in [1.82, 2.24) is 4.72 Å². The summed E-state index contributed by atoms with van der Waals surface area (Å²) in [5.41, 5.74) is 4.92. The van der Waals surface area contributed by atoms with E-state index in [4.69, 9.17) is 5.73 Å². The molecule has 0 radical (unpaired) electrons. The number of benzene rings is 1. The van der Waals surface area contributed by atoms with Crippen LogP contribution in [0.4, 0.5) is 13.2 Å². The Kier molecular flexibility index (Phi) is 4.83. The van der Waals surface area contributed by atoms with Crippen LogP contribution >= 0.6 is 0 Å². The molecule has 0 aromatic heterocycles. The van der Waals surface area contributed by atoms with Crippen LogP contribution in [0.1, 0.15) is 20.8 Å². The molecule has 4 nitrogen and oxygen atoms in total. The van der Waals surface area contributed by atoms with E-state index in [1.165, 1.54) is 0 Å². The molecule has 0 fully saturated rings. The van der Waals surface area contributed by atoms with Crippen molar-refractivity contribution in [3.05, 3.63) is 29.6 Å². The van der Waals surface area contributed by atoms with Crippen molar-refractivity contribution in [1.29, 1.82) is 0 Å². The Morgan fingerprint density at radius 1 is 1.20 bits per heavy atom. The van der Waals surface area contributed by atoms with E-state index >= 15 is 0 Å². The largest absolute Gasteiger partial charge is 0.329 e. The van der Waals surface area contributed by atoms with Crippen molar-refractivity contribution >= 4 is 10.0 Å². The highest BCUT2D eigenvalue weighted by Gasteiger charge is 2.32. The predicted octanol–water partition coefficient (Wildman–Crippen LogP) is 1.76. The number of hydrogen-bond donors (Lipinski definition) is 2. The first kappa shape index (κ1) is 16.9. The SMILES string of the molecule is CC(C)(C)C(CN)NS(=O)(=O)c1c(F)cc(F)cc1F. The molecule has 1 atom stereocenters. The Morgan fingerprint density at radius 2 is 1.65 bits per heavy atom. The molecule has 1 rings (SSSR count). The number of sulfonamides is 1. The molecule has 3 N–H and O–H groups in total. The van der Waals surface area contributed by atoms with Gasteiger partial charge in [-0.15, -0.1) is 0 Å². The number of rotatable bonds is 4. The average Bonchev–Trinajstić information content (AvgIpc) is 2.22. The molecule has 0 aliphatic rings. The van der Waals surface area contributed by atoms with Crippen LogP contribution in [-0.2, 0) is 10.0 Å². The minimum atomic E-state index is -4.48. The molecule has 1 aromatic carbocycles. The summed E-state index contributed by atoms with van der Waals surface area (Å²) in [6.07, 6.45) is 0. The zero-order valence-electron chi connectivity index (χ0n) is 11.4. The fourth-order valence-electron chi connectivity index (χ4n) is 1.61. The van der Waals surface area contributed by atoms with Gasteiger partial charge in [0.25, 0.3) is 0 Å². The highest BCUT2D eigenvalue weighted by atomic mass is 32.2. The molecule has 0 spiro atoms. The molecule has 0 saturated heterocycles. The van der Waals surface area contributed by atoms with Gasteiger partial charge in [-0.2, -0.15) is 0 Å². The molecule has 0 heterocycles. The molecule has 0 bridgehead atoms. The maximum Gasteiger partial charge on any atom is 0.246 e. The smallest absolute Gasteiger partial charge is 0.246 e. The summed E-state index contributed by atoms with van der Waals surface area (Å²) in [6.45, 7) is 5.13. The monoisotopic (exact) mass is 310 g/mol. The number of hydrogen-bond acceptors (Lipinski definition) is 3. The first-order chi connectivity index (χ1) is 8.99. The first-order valence-corrected chi connectivity index (χ1v) is 7.34. The Labute approximate surface area is 116 Å². The van der Waals surface area contributed by atoms with Crippen molar-refractivity contribution in [2.75, 3.05) is 6.54 Å². The summed E-state index contributed by atoms with van der Waals surface area (Å²) in [5.74, 6) is -4.16. The van der Waals surface area contributed by atoms with E-state index in [9.17, 15) is 21.6 Å². The van der Waals surface area contributed by atoms with Gasteiger partial charge in [0.05, 0.1) is 0 Å². The summed E-state index contributed by atoms with van der Waals surface area (Å²) in [4.78, 5) is -1.21. The maximum absolute atomic E-state index is 13.5. The Hall–Kier alpha value is -1.12. The fourth-order valence-corrected chi connectivity index (χ4v) is 3.18. The molecular formula is C12H17F3N2O2S. The van der Waals surface area contributed by atoms with Crippen LogP contribution in [0.5, 0.6) is 0 Å². The molecule has 0 amide bonds. The predicted molar refractivity (Wildman–Crippen MR) is 68.9 cm³/mol. The van der Waals surface area contributed by atoms with Gasteiger partial charge in [-0.3, -0.25) is 0 Å². The van der Waals surface area contributed by atoms with E-state index in [-0.39, 0.29) is 6.54 Å². The van der Waals surface area contributed by atoms with Gasteiger partial charge in [0.1, 0.15) is 17.5 Å². The molecule has 0 saturated carbocycles. The maximum atomic E-state index is 13.5. The molecule has 0 aliphatic carbocycles. The van der Waals surface area contributed by atoms with E-state index in [1.807, 2.05) is 0 Å². The van der Waals surface area contributed by atoms with E-state index < -0.39 is 43.8 Å². The molecular weight excluding hydrogens is 293 g/mol. The van der Waals surface area contributed by atoms with E-state index in [0.29, 0.717) is 12.1 Å². The highest BCUT2D eigenvalue weighted by Crippen LogP contribution is 2.24. The second-order valence-corrected chi connectivity index (χ2v) is 7.12. The zero-order valence-corrected chi connectivity index (χ0v) is 12.2. The van der Waals surface area contributed by atoms with Crippen molar-refractivity contribution in [2.45, 2.75) is 31.7 Å². The standard InChI is InChI=1S/C12H17F3N2O2S/c1-12(2,3)10(6-16)17-20(18,19)11-8(14)4-7(13)5-9(11)15/h4-5,10,17H,6,16H2,1-3H3. The fraction of sp³-hybridized carbons (Fsp3) is 0.500. The van der Waals surface area contributed by atoms with Gasteiger partial charge in [-0.25, -0.2) is 26.3 Å². The van der Waals surface area contributed by atoms with Gasteiger partial charge in [-0.1, -0.05) is 20.8 Å². The molecule has 1 unspecified atom stereocenters. The third-order valence-corrected chi connectivity index (χ3v) is 4.33. The minimum absolute atomic E-state index is 0.0484. The van der Waals surface area contributed by atoms with Gasteiger partial charge >= 0.3 is 0 Å². The quantitative estimate of drug-likeness (QED) is 0.890. The minimum Gasteiger partial charge on any atom is -0.329 e. The van der Waals surface area contributed by atoms with Gasteiger partial charge in [-0.05, 0) is 5.41 Å². The van der Waals surface area contributed by atoms with Crippen LogP contribution in [-0.4, -0.2) is 21.0 Å². The molecule has 1 aromatic rings. The van der Waals surface area contributed by atoms with Crippen LogP contribution in [0.3, 0.4) is 0 Å². The Morgan fingerprint density at radius 3 is 2.00 bits per heavy atom. The summed E-state index contributed by atoms with van der Waals surface area (Å²) in [5, 5.41) is 0. The topological polar surface area (TPSA) is 72.2 Å². The van der Waals surface area contributed by atoms with Gasteiger partial charge in [0.15, 0.2) is 4.90 Å². The molecule has 114 valence electrons. The van der Waals surface area contributed by atoms with Crippen LogP contribution in [0.25, 0.3) is 0 Å². The summed E-state index contributed by atoms with van der Waals surface area (Å²) >= 11 is 0. The van der Waals surface area contributed by atoms with Gasteiger partial charge in [0.2, 0.25) is 10.0 Å². The third kappa shape index (κ3) is 3.71. The van der Waals surface area contributed by atoms with Crippen LogP contribution in [0.15, 0.2) is 17.0 Å². The second kappa shape index (κ2) is 5.71. The lowest BCUT2D eigenvalue weighted by atomic mass is 9.88. The van der Waals surface area contributed by atoms with Crippen LogP contribution < -0.4 is 10.5 Å². The molecule has 20 heavy (non-hydrogen) atoms. The number of nitrogens with one attached hydrogen (secondary N) is 1. The van der Waals surface area contributed by atoms with E-state index in [2.05, 4.69) is 4.72 Å². The lowest BCUT2D eigenvalue weighted by Gasteiger charge is -2.30. The van der Waals surface area contributed by atoms with E-state index in [0.717, 1.165) is 0 Å². The van der Waals surface area contributed by atoms with E-state index in [1.54, 1.807) is 20.8 Å². The average molecular weight is 310 g/mol. The third-order valence-electron chi connectivity index (χ3n) is 2.81. The second-order valence-electron chi connectivity index (χ2n) is 5.47. The van der Waals surface area contributed by atoms with Crippen molar-refractivity contribution in [3.8, 4) is 0 Å². The number of nitrogens with two attached hydrogens (primary N) is 1. The Bertz CT molecular complexity index is 574. The summed E-state index contributed by atoms with van der Waals surface area (Å²) in [7, 11) is -4.48. The van der Waals surface area contributed by atoms with Crippen molar-refractivity contribution < 1.29 is 21.6 Å².